The zero-order chi connectivity index (χ0) is 18.7. The summed E-state index contributed by atoms with van der Waals surface area (Å²) in [6.45, 7) is 1.63. The van der Waals surface area contributed by atoms with Crippen molar-refractivity contribution < 1.29 is 18.7 Å². The summed E-state index contributed by atoms with van der Waals surface area (Å²) in [5.74, 6) is 0.713. The minimum absolute atomic E-state index is 0.0840. The molecule has 3 rings (SSSR count). The Balaban J connectivity index is 1.79. The van der Waals surface area contributed by atoms with E-state index >= 15 is 0 Å². The molecule has 3 aromatic rings. The number of methoxy groups -OCH3 is 2. The van der Waals surface area contributed by atoms with Gasteiger partial charge in [-0.25, -0.2) is 4.39 Å². The maximum Gasteiger partial charge on any atom is 0.258 e. The van der Waals surface area contributed by atoms with E-state index in [1.807, 2.05) is 0 Å². The zero-order valence-corrected chi connectivity index (χ0v) is 14.5. The Bertz CT molecular complexity index is 955. The highest BCUT2D eigenvalue weighted by molar-refractivity contribution is 6.03. The third kappa shape index (κ3) is 3.49. The molecule has 26 heavy (non-hydrogen) atoms. The molecule has 0 radical (unpaired) electrons. The van der Waals surface area contributed by atoms with E-state index in [9.17, 15) is 9.18 Å². The standard InChI is InChI=1S/C18H17FN4O3/c1-10-4-5-12(8-13(10)19)17(24)21-18-20-16(22-23-18)11-6-7-14(25-2)15(9-11)26-3/h4-9H,1-3H3,(H2,20,21,22,23,24). The van der Waals surface area contributed by atoms with Crippen molar-refractivity contribution in [2.24, 2.45) is 0 Å². The van der Waals surface area contributed by atoms with Gasteiger partial charge in [0.15, 0.2) is 17.3 Å². The molecule has 2 N–H and O–H groups in total. The highest BCUT2D eigenvalue weighted by Gasteiger charge is 2.13. The first-order valence-electron chi connectivity index (χ1n) is 7.74. The summed E-state index contributed by atoms with van der Waals surface area (Å²) in [4.78, 5) is 16.4. The van der Waals surface area contributed by atoms with Crippen molar-refractivity contribution in [2.75, 3.05) is 19.5 Å². The summed E-state index contributed by atoms with van der Waals surface area (Å²) >= 11 is 0. The van der Waals surface area contributed by atoms with Gasteiger partial charge in [-0.15, -0.1) is 5.10 Å². The SMILES string of the molecule is COc1ccc(-c2nc(NC(=O)c3ccc(C)c(F)c3)n[nH]2)cc1OC. The molecule has 2 aromatic carbocycles. The van der Waals surface area contributed by atoms with E-state index in [-0.39, 0.29) is 11.5 Å². The number of aryl methyl sites for hydroxylation is 1. The lowest BCUT2D eigenvalue weighted by Crippen LogP contribution is -2.13. The molecule has 0 spiro atoms. The summed E-state index contributed by atoms with van der Waals surface area (Å²) < 4.78 is 24.0. The van der Waals surface area contributed by atoms with Crippen molar-refractivity contribution in [3.8, 4) is 22.9 Å². The van der Waals surface area contributed by atoms with Crippen molar-refractivity contribution in [1.29, 1.82) is 0 Å². The van der Waals surface area contributed by atoms with E-state index in [1.165, 1.54) is 25.3 Å². The Morgan fingerprint density at radius 1 is 1.12 bits per heavy atom. The number of benzene rings is 2. The molecule has 0 fully saturated rings. The van der Waals surface area contributed by atoms with E-state index in [4.69, 9.17) is 9.47 Å². The van der Waals surface area contributed by atoms with Gasteiger partial charge >= 0.3 is 0 Å². The highest BCUT2D eigenvalue weighted by Crippen LogP contribution is 2.31. The molecule has 0 aliphatic carbocycles. The number of hydrogen-bond acceptors (Lipinski definition) is 5. The number of amides is 1. The molecular formula is C18H17FN4O3. The number of anilines is 1. The molecule has 0 saturated heterocycles. The van der Waals surface area contributed by atoms with Crippen molar-refractivity contribution in [1.82, 2.24) is 15.2 Å². The van der Waals surface area contributed by atoms with Crippen LogP contribution >= 0.6 is 0 Å². The van der Waals surface area contributed by atoms with E-state index in [2.05, 4.69) is 20.5 Å². The van der Waals surface area contributed by atoms with Crippen LogP contribution < -0.4 is 14.8 Å². The van der Waals surface area contributed by atoms with Gasteiger partial charge in [0.25, 0.3) is 5.91 Å². The topological polar surface area (TPSA) is 89.1 Å². The third-order valence-corrected chi connectivity index (χ3v) is 3.80. The van der Waals surface area contributed by atoms with Crippen LogP contribution in [-0.2, 0) is 0 Å². The molecule has 0 aliphatic rings. The predicted octanol–water partition coefficient (Wildman–Crippen LogP) is 3.19. The number of aromatic nitrogens is 3. The average Bonchev–Trinajstić information content (AvgIpc) is 3.11. The van der Waals surface area contributed by atoms with Crippen molar-refractivity contribution in [3.63, 3.8) is 0 Å². The zero-order valence-electron chi connectivity index (χ0n) is 14.5. The van der Waals surface area contributed by atoms with Gasteiger partial charge in [-0.2, -0.15) is 4.98 Å². The number of rotatable bonds is 5. The Morgan fingerprint density at radius 2 is 1.88 bits per heavy atom. The van der Waals surface area contributed by atoms with E-state index < -0.39 is 11.7 Å². The maximum absolute atomic E-state index is 13.6. The van der Waals surface area contributed by atoms with Crippen LogP contribution in [0.3, 0.4) is 0 Å². The number of halogens is 1. The van der Waals surface area contributed by atoms with Gasteiger partial charge in [0.05, 0.1) is 14.2 Å². The monoisotopic (exact) mass is 356 g/mol. The molecule has 134 valence electrons. The minimum Gasteiger partial charge on any atom is -0.493 e. The number of carbonyl (C=O) groups is 1. The lowest BCUT2D eigenvalue weighted by atomic mass is 10.1. The van der Waals surface area contributed by atoms with Crippen LogP contribution in [0.4, 0.5) is 10.3 Å². The Hall–Kier alpha value is -3.42. The van der Waals surface area contributed by atoms with E-state index in [0.717, 1.165) is 0 Å². The molecule has 8 heteroatoms. The van der Waals surface area contributed by atoms with Crippen LogP contribution in [-0.4, -0.2) is 35.3 Å². The first-order chi connectivity index (χ1) is 12.5. The molecule has 1 heterocycles. The van der Waals surface area contributed by atoms with Crippen LogP contribution in [0.2, 0.25) is 0 Å². The number of H-pyrrole nitrogens is 1. The molecule has 0 atom stereocenters. The summed E-state index contributed by atoms with van der Waals surface area (Å²) in [7, 11) is 3.09. The van der Waals surface area contributed by atoms with Gasteiger partial charge in [-0.1, -0.05) is 6.07 Å². The Morgan fingerprint density at radius 3 is 2.58 bits per heavy atom. The molecule has 0 unspecified atom stereocenters. The fourth-order valence-corrected chi connectivity index (χ4v) is 2.34. The first kappa shape index (κ1) is 17.4. The second-order valence-corrected chi connectivity index (χ2v) is 5.50. The summed E-state index contributed by atoms with van der Waals surface area (Å²) in [6, 6.07) is 9.51. The van der Waals surface area contributed by atoms with Crippen LogP contribution in [0.5, 0.6) is 11.5 Å². The number of nitrogens with one attached hydrogen (secondary N) is 2. The molecule has 0 bridgehead atoms. The number of hydrogen-bond donors (Lipinski definition) is 2. The largest absolute Gasteiger partial charge is 0.493 e. The molecular weight excluding hydrogens is 339 g/mol. The molecule has 0 saturated carbocycles. The van der Waals surface area contributed by atoms with Gasteiger partial charge in [0.1, 0.15) is 5.82 Å². The second-order valence-electron chi connectivity index (χ2n) is 5.50. The summed E-state index contributed by atoms with van der Waals surface area (Å²) in [6.07, 6.45) is 0. The van der Waals surface area contributed by atoms with Crippen molar-refractivity contribution in [3.05, 3.63) is 53.3 Å². The third-order valence-electron chi connectivity index (χ3n) is 3.80. The van der Waals surface area contributed by atoms with Gasteiger partial charge < -0.3 is 9.47 Å². The molecule has 1 amide bonds. The van der Waals surface area contributed by atoms with Crippen LogP contribution in [0.25, 0.3) is 11.4 Å². The van der Waals surface area contributed by atoms with Crippen LogP contribution in [0.15, 0.2) is 36.4 Å². The van der Waals surface area contributed by atoms with Gasteiger partial charge in [0, 0.05) is 11.1 Å². The Kier molecular flexibility index (Phi) is 4.83. The van der Waals surface area contributed by atoms with Crippen LogP contribution in [0.1, 0.15) is 15.9 Å². The molecule has 1 aromatic heterocycles. The second kappa shape index (κ2) is 7.22. The van der Waals surface area contributed by atoms with Crippen LogP contribution in [0, 0.1) is 12.7 Å². The Labute approximate surface area is 149 Å². The van der Waals surface area contributed by atoms with E-state index in [1.54, 1.807) is 32.2 Å². The summed E-state index contributed by atoms with van der Waals surface area (Å²) in [5.41, 5.74) is 1.36. The number of aromatic amines is 1. The summed E-state index contributed by atoms with van der Waals surface area (Å²) in [5, 5.41) is 9.24. The van der Waals surface area contributed by atoms with E-state index in [0.29, 0.717) is 28.5 Å². The quantitative estimate of drug-likeness (QED) is 0.733. The minimum atomic E-state index is -0.498. The first-order valence-corrected chi connectivity index (χ1v) is 7.74. The van der Waals surface area contributed by atoms with Crippen molar-refractivity contribution >= 4 is 11.9 Å². The normalized spacial score (nSPS) is 10.5. The lowest BCUT2D eigenvalue weighted by Gasteiger charge is -2.07. The smallest absolute Gasteiger partial charge is 0.258 e. The van der Waals surface area contributed by atoms with Gasteiger partial charge in [-0.3, -0.25) is 15.2 Å². The predicted molar refractivity (Wildman–Crippen MR) is 94.0 cm³/mol. The fourth-order valence-electron chi connectivity index (χ4n) is 2.34. The fraction of sp³-hybridized carbons (Fsp3) is 0.167. The number of carbonyl (C=O) groups excluding carboxylic acids is 1. The van der Waals surface area contributed by atoms with Crippen molar-refractivity contribution in [2.45, 2.75) is 6.92 Å². The molecule has 0 aliphatic heterocycles. The lowest BCUT2D eigenvalue weighted by molar-refractivity contribution is 0.102. The number of ether oxygens (including phenoxy) is 2. The maximum atomic E-state index is 13.6. The number of nitrogens with zero attached hydrogens (tertiary/aromatic N) is 2. The van der Waals surface area contributed by atoms with Gasteiger partial charge in [-0.05, 0) is 42.8 Å². The molecule has 7 nitrogen and oxygen atoms in total. The highest BCUT2D eigenvalue weighted by atomic mass is 19.1. The average molecular weight is 356 g/mol. The van der Waals surface area contributed by atoms with Gasteiger partial charge in [0.2, 0.25) is 5.95 Å².